The van der Waals surface area contributed by atoms with Gasteiger partial charge in [0.15, 0.2) is 18.0 Å². The zero-order valence-corrected chi connectivity index (χ0v) is 15.6. The molecule has 0 aliphatic carbocycles. The van der Waals surface area contributed by atoms with Crippen molar-refractivity contribution >= 4 is 11.8 Å². The molecule has 2 amide bonds. The fourth-order valence-corrected chi connectivity index (χ4v) is 3.20. The van der Waals surface area contributed by atoms with Crippen LogP contribution in [-0.4, -0.2) is 52.8 Å². The second-order valence-corrected chi connectivity index (χ2v) is 6.40. The molecule has 1 fully saturated rings. The van der Waals surface area contributed by atoms with Gasteiger partial charge in [0.05, 0.1) is 34.4 Å². The topological polar surface area (TPSA) is 104 Å². The van der Waals surface area contributed by atoms with Gasteiger partial charge in [-0.05, 0) is 6.07 Å². The molecule has 1 heterocycles. The summed E-state index contributed by atoms with van der Waals surface area (Å²) >= 11 is 0. The van der Waals surface area contributed by atoms with Crippen LogP contribution in [0.2, 0.25) is 0 Å². The molecular weight excluding hydrogens is 338 g/mol. The van der Waals surface area contributed by atoms with Crippen molar-refractivity contribution in [2.75, 3.05) is 41.0 Å². The molecule has 8 nitrogen and oxygen atoms in total. The van der Waals surface area contributed by atoms with Gasteiger partial charge in [0.25, 0.3) is 5.91 Å². The predicted molar refractivity (Wildman–Crippen MR) is 95.4 cm³/mol. The number of piperidine rings is 1. The number of carbonyl (C=O) groups excluding carboxylic acids is 2. The van der Waals surface area contributed by atoms with Gasteiger partial charge in [0, 0.05) is 36.9 Å². The molecule has 0 saturated carbocycles. The number of primary amides is 1. The normalized spacial score (nSPS) is 19.5. The van der Waals surface area contributed by atoms with Crippen LogP contribution in [-0.2, 0) is 16.1 Å². The number of methoxy groups -OCH3 is 3. The molecule has 8 heteroatoms. The fraction of sp³-hybridized carbons (Fsp3) is 0.556. The van der Waals surface area contributed by atoms with Crippen molar-refractivity contribution in [2.24, 2.45) is 11.7 Å². The Labute approximate surface area is 153 Å². The standard InChI is InChI=1S/C18H27N3O5/c1-24-14-9-16(26-3)15(25-2)8-13(14)10-20-17(22)11-21-6-4-12(5-7-21)18(19)23/h8-9,12H,4-7,10-11H2,1-3H3,(H2,19,23)(H,20,22)/p+1. The highest BCUT2D eigenvalue weighted by Crippen LogP contribution is 2.34. The summed E-state index contributed by atoms with van der Waals surface area (Å²) in [5.41, 5.74) is 6.15. The third-order valence-electron chi connectivity index (χ3n) is 4.77. The molecule has 1 aliphatic rings. The van der Waals surface area contributed by atoms with E-state index < -0.39 is 0 Å². The number of hydrogen-bond acceptors (Lipinski definition) is 5. The van der Waals surface area contributed by atoms with E-state index in [0.717, 1.165) is 31.5 Å². The maximum Gasteiger partial charge on any atom is 0.275 e. The first-order valence-electron chi connectivity index (χ1n) is 8.67. The summed E-state index contributed by atoms with van der Waals surface area (Å²) in [6.07, 6.45) is 1.48. The lowest BCUT2D eigenvalue weighted by molar-refractivity contribution is -0.897. The van der Waals surface area contributed by atoms with Crippen molar-refractivity contribution in [3.05, 3.63) is 17.7 Å². The molecule has 0 aromatic heterocycles. The van der Waals surface area contributed by atoms with E-state index >= 15 is 0 Å². The van der Waals surface area contributed by atoms with Gasteiger partial charge in [-0.1, -0.05) is 0 Å². The number of likely N-dealkylation sites (tertiary alicyclic amines) is 1. The number of ether oxygens (including phenoxy) is 3. The summed E-state index contributed by atoms with van der Waals surface area (Å²) < 4.78 is 15.9. The number of rotatable bonds is 8. The van der Waals surface area contributed by atoms with E-state index in [0.29, 0.717) is 30.3 Å². The molecule has 0 unspecified atom stereocenters. The second kappa shape index (κ2) is 9.28. The largest absolute Gasteiger partial charge is 0.496 e. The molecule has 2 rings (SSSR count). The van der Waals surface area contributed by atoms with Crippen molar-refractivity contribution in [3.8, 4) is 17.2 Å². The molecule has 1 aliphatic heterocycles. The minimum absolute atomic E-state index is 0.0469. The molecule has 1 aromatic carbocycles. The van der Waals surface area contributed by atoms with Crippen LogP contribution in [0.4, 0.5) is 0 Å². The van der Waals surface area contributed by atoms with E-state index in [9.17, 15) is 9.59 Å². The lowest BCUT2D eigenvalue weighted by atomic mass is 9.96. The molecule has 144 valence electrons. The number of benzene rings is 1. The second-order valence-electron chi connectivity index (χ2n) is 6.40. The van der Waals surface area contributed by atoms with Crippen molar-refractivity contribution in [1.29, 1.82) is 0 Å². The van der Waals surface area contributed by atoms with E-state index in [1.165, 1.54) is 4.90 Å². The zero-order chi connectivity index (χ0) is 19.1. The Balaban J connectivity index is 1.90. The molecule has 26 heavy (non-hydrogen) atoms. The number of hydrogen-bond donors (Lipinski definition) is 3. The zero-order valence-electron chi connectivity index (χ0n) is 15.6. The van der Waals surface area contributed by atoms with Crippen LogP contribution >= 0.6 is 0 Å². The molecule has 1 aromatic rings. The first kappa shape index (κ1) is 19.8. The van der Waals surface area contributed by atoms with Gasteiger partial charge in [-0.3, -0.25) is 9.59 Å². The van der Waals surface area contributed by atoms with Crippen LogP contribution in [0.25, 0.3) is 0 Å². The van der Waals surface area contributed by atoms with Crippen molar-refractivity contribution in [3.63, 3.8) is 0 Å². The van der Waals surface area contributed by atoms with Crippen molar-refractivity contribution in [2.45, 2.75) is 19.4 Å². The van der Waals surface area contributed by atoms with Gasteiger partial charge in [-0.2, -0.15) is 0 Å². The number of amides is 2. The minimum atomic E-state index is -0.242. The summed E-state index contributed by atoms with van der Waals surface area (Å²) in [5, 5.41) is 2.92. The summed E-state index contributed by atoms with van der Waals surface area (Å²) in [5.74, 6) is 1.43. The summed E-state index contributed by atoms with van der Waals surface area (Å²) in [4.78, 5) is 24.6. The lowest BCUT2D eigenvalue weighted by Gasteiger charge is -2.27. The number of quaternary nitrogens is 1. The molecular formula is C18H28N3O5+. The SMILES string of the molecule is COc1cc(OC)c(OC)cc1CNC(=O)C[NH+]1CCC(C(N)=O)CC1. The number of carbonyl (C=O) groups is 2. The van der Waals surface area contributed by atoms with Gasteiger partial charge in [0.1, 0.15) is 5.75 Å². The lowest BCUT2D eigenvalue weighted by Crippen LogP contribution is -3.14. The Morgan fingerprint density at radius 2 is 1.65 bits per heavy atom. The van der Waals surface area contributed by atoms with E-state index in [2.05, 4.69) is 5.32 Å². The average Bonchev–Trinajstić information content (AvgIpc) is 2.65. The summed E-state index contributed by atoms with van der Waals surface area (Å²) in [6, 6.07) is 3.53. The Morgan fingerprint density at radius 1 is 1.08 bits per heavy atom. The highest BCUT2D eigenvalue weighted by atomic mass is 16.5. The van der Waals surface area contributed by atoms with Crippen molar-refractivity contribution in [1.82, 2.24) is 5.32 Å². The molecule has 0 spiro atoms. The quantitative estimate of drug-likeness (QED) is 0.554. The predicted octanol–water partition coefficient (Wildman–Crippen LogP) is -0.891. The maximum atomic E-state index is 12.3. The smallest absolute Gasteiger partial charge is 0.275 e. The Bertz CT molecular complexity index is 642. The fourth-order valence-electron chi connectivity index (χ4n) is 3.20. The highest BCUT2D eigenvalue weighted by molar-refractivity contribution is 5.77. The third kappa shape index (κ3) is 5.01. The molecule has 0 atom stereocenters. The first-order valence-corrected chi connectivity index (χ1v) is 8.67. The van der Waals surface area contributed by atoms with Crippen LogP contribution < -0.4 is 30.2 Å². The van der Waals surface area contributed by atoms with Crippen LogP contribution in [0.3, 0.4) is 0 Å². The Hall–Kier alpha value is -2.48. The molecule has 4 N–H and O–H groups in total. The van der Waals surface area contributed by atoms with Crippen LogP contribution in [0, 0.1) is 5.92 Å². The molecule has 0 bridgehead atoms. The van der Waals surface area contributed by atoms with Crippen LogP contribution in [0.1, 0.15) is 18.4 Å². The van der Waals surface area contributed by atoms with Crippen LogP contribution in [0.15, 0.2) is 12.1 Å². The van der Waals surface area contributed by atoms with Gasteiger partial charge in [0.2, 0.25) is 5.91 Å². The molecule has 1 saturated heterocycles. The third-order valence-corrected chi connectivity index (χ3v) is 4.77. The summed E-state index contributed by atoms with van der Waals surface area (Å²) in [7, 11) is 4.69. The minimum Gasteiger partial charge on any atom is -0.496 e. The number of nitrogens with one attached hydrogen (secondary N) is 2. The van der Waals surface area contributed by atoms with Crippen LogP contribution in [0.5, 0.6) is 17.2 Å². The Morgan fingerprint density at radius 3 is 2.19 bits per heavy atom. The highest BCUT2D eigenvalue weighted by Gasteiger charge is 2.27. The molecule has 0 radical (unpaired) electrons. The van der Waals surface area contributed by atoms with Gasteiger partial charge in [-0.25, -0.2) is 0 Å². The first-order chi connectivity index (χ1) is 12.5. The van der Waals surface area contributed by atoms with E-state index in [-0.39, 0.29) is 17.7 Å². The van der Waals surface area contributed by atoms with Crippen molar-refractivity contribution < 1.29 is 28.7 Å². The van der Waals surface area contributed by atoms with Gasteiger partial charge >= 0.3 is 0 Å². The average molecular weight is 366 g/mol. The Kier molecular flexibility index (Phi) is 7.08. The number of nitrogens with two attached hydrogens (primary N) is 1. The van der Waals surface area contributed by atoms with E-state index in [1.807, 2.05) is 0 Å². The summed E-state index contributed by atoms with van der Waals surface area (Å²) in [6.45, 7) is 2.27. The van der Waals surface area contributed by atoms with E-state index in [4.69, 9.17) is 19.9 Å². The van der Waals surface area contributed by atoms with Gasteiger partial charge in [-0.15, -0.1) is 0 Å². The monoisotopic (exact) mass is 366 g/mol. The maximum absolute atomic E-state index is 12.3. The van der Waals surface area contributed by atoms with E-state index in [1.54, 1.807) is 33.5 Å². The van der Waals surface area contributed by atoms with Gasteiger partial charge < -0.3 is 30.2 Å².